The van der Waals surface area contributed by atoms with Gasteiger partial charge in [0, 0.05) is 53.4 Å². The minimum atomic E-state index is 1.09. The van der Waals surface area contributed by atoms with E-state index in [4.69, 9.17) is 0 Å². The molecule has 2 aromatic heterocycles. The van der Waals surface area contributed by atoms with E-state index in [0.717, 1.165) is 45.3 Å². The van der Waals surface area contributed by atoms with Crippen molar-refractivity contribution in [1.29, 1.82) is 0 Å². The summed E-state index contributed by atoms with van der Waals surface area (Å²) >= 11 is 3.73. The van der Waals surface area contributed by atoms with Crippen molar-refractivity contribution < 1.29 is 0 Å². The first kappa shape index (κ1) is 38.0. The Bertz CT molecular complexity index is 3400. The minimum absolute atomic E-state index is 1.09. The maximum atomic E-state index is 2.47. The van der Waals surface area contributed by atoms with Crippen molar-refractivity contribution in [3.63, 3.8) is 0 Å². The van der Waals surface area contributed by atoms with Crippen LogP contribution in [0.1, 0.15) is 0 Å². The van der Waals surface area contributed by atoms with Gasteiger partial charge in [-0.3, -0.25) is 0 Å². The van der Waals surface area contributed by atoms with E-state index >= 15 is 0 Å². The second kappa shape index (κ2) is 16.2. The zero-order chi connectivity index (χ0) is 42.4. The standard InChI is InChI=1S/C60H40N2S2/c1-3-19-41(20-4-1)47-27-7-11-33-53(47)61(55-35-17-31-51-49-29-9-13-37-57(49)63-59(51)55)45-25-15-23-43(39-45)44-24-16-26-46(40-44)62(54-34-12-8-28-48(54)42-21-5-2-6-22-42)56-36-18-32-52-50-30-10-14-38-58(50)64-60(52)56/h1-40H. The van der Waals surface area contributed by atoms with Gasteiger partial charge in [0.2, 0.25) is 0 Å². The molecule has 0 aliphatic heterocycles. The number of benzene rings is 10. The Morgan fingerprint density at radius 1 is 0.250 bits per heavy atom. The van der Waals surface area contributed by atoms with Crippen molar-refractivity contribution in [2.75, 3.05) is 9.80 Å². The molecule has 0 aliphatic carbocycles. The van der Waals surface area contributed by atoms with Gasteiger partial charge in [-0.15, -0.1) is 22.7 Å². The Labute approximate surface area is 380 Å². The van der Waals surface area contributed by atoms with Crippen molar-refractivity contribution in [3.8, 4) is 33.4 Å². The third-order valence-corrected chi connectivity index (χ3v) is 14.7. The highest BCUT2D eigenvalue weighted by Gasteiger charge is 2.24. The zero-order valence-corrected chi connectivity index (χ0v) is 36.4. The van der Waals surface area contributed by atoms with Crippen LogP contribution in [0.3, 0.4) is 0 Å². The molecular weight excluding hydrogens is 813 g/mol. The van der Waals surface area contributed by atoms with Crippen LogP contribution in [0.4, 0.5) is 34.1 Å². The van der Waals surface area contributed by atoms with Crippen molar-refractivity contribution in [1.82, 2.24) is 0 Å². The molecule has 0 amide bonds. The van der Waals surface area contributed by atoms with E-state index in [1.807, 2.05) is 22.7 Å². The van der Waals surface area contributed by atoms with E-state index in [1.54, 1.807) is 0 Å². The van der Waals surface area contributed by atoms with Gasteiger partial charge < -0.3 is 9.80 Å². The highest BCUT2D eigenvalue weighted by molar-refractivity contribution is 7.26. The van der Waals surface area contributed by atoms with Crippen molar-refractivity contribution in [3.05, 3.63) is 243 Å². The molecular formula is C60H40N2S2. The Balaban J connectivity index is 1.05. The molecule has 0 saturated heterocycles. The minimum Gasteiger partial charge on any atom is -0.308 e. The average molecular weight is 853 g/mol. The SMILES string of the molecule is c1ccc(-c2ccccc2N(c2cccc(-c3cccc(N(c4ccccc4-c4ccccc4)c4cccc5c4sc4ccccc45)c3)c2)c2cccc3c2sc2ccccc23)cc1. The second-order valence-corrected chi connectivity index (χ2v) is 18.1. The summed E-state index contributed by atoms with van der Waals surface area (Å²) in [5.41, 5.74) is 13.8. The van der Waals surface area contributed by atoms with Crippen LogP contribution in [-0.4, -0.2) is 0 Å². The summed E-state index contributed by atoms with van der Waals surface area (Å²) in [6.45, 7) is 0. The summed E-state index contributed by atoms with van der Waals surface area (Å²) in [7, 11) is 0. The molecule has 0 saturated carbocycles. The number of thiophene rings is 2. The first-order valence-electron chi connectivity index (χ1n) is 21.7. The van der Waals surface area contributed by atoms with Crippen LogP contribution in [0.15, 0.2) is 243 Å². The van der Waals surface area contributed by atoms with Gasteiger partial charge in [-0.2, -0.15) is 0 Å². The van der Waals surface area contributed by atoms with Gasteiger partial charge >= 0.3 is 0 Å². The van der Waals surface area contributed by atoms with E-state index in [-0.39, 0.29) is 0 Å². The fourth-order valence-corrected chi connectivity index (χ4v) is 11.8. The molecule has 12 rings (SSSR count). The van der Waals surface area contributed by atoms with Gasteiger partial charge in [-0.05, 0) is 82.9 Å². The van der Waals surface area contributed by atoms with Crippen LogP contribution in [0.5, 0.6) is 0 Å². The van der Waals surface area contributed by atoms with Crippen molar-refractivity contribution in [2.45, 2.75) is 0 Å². The van der Waals surface area contributed by atoms with Gasteiger partial charge in [-0.1, -0.05) is 182 Å². The lowest BCUT2D eigenvalue weighted by molar-refractivity contribution is 1.29. The molecule has 0 radical (unpaired) electrons. The smallest absolute Gasteiger partial charge is 0.0640 e. The Morgan fingerprint density at radius 3 is 1.06 bits per heavy atom. The third kappa shape index (κ3) is 6.63. The van der Waals surface area contributed by atoms with Gasteiger partial charge in [0.05, 0.1) is 32.1 Å². The van der Waals surface area contributed by atoms with Gasteiger partial charge in [0.15, 0.2) is 0 Å². The van der Waals surface area contributed by atoms with Crippen LogP contribution in [0, 0.1) is 0 Å². The lowest BCUT2D eigenvalue weighted by Gasteiger charge is -2.29. The van der Waals surface area contributed by atoms with Crippen molar-refractivity contribution >= 4 is 97.1 Å². The highest BCUT2D eigenvalue weighted by atomic mass is 32.1. The molecule has 0 N–H and O–H groups in total. The molecule has 10 aromatic carbocycles. The van der Waals surface area contributed by atoms with Crippen LogP contribution < -0.4 is 9.80 Å². The molecule has 0 spiro atoms. The maximum Gasteiger partial charge on any atom is 0.0640 e. The molecule has 12 aromatic rings. The Morgan fingerprint density at radius 2 is 0.594 bits per heavy atom. The van der Waals surface area contributed by atoms with Crippen molar-refractivity contribution in [2.24, 2.45) is 0 Å². The summed E-state index contributed by atoms with van der Waals surface area (Å²) in [6.07, 6.45) is 0. The maximum absolute atomic E-state index is 2.47. The monoisotopic (exact) mass is 852 g/mol. The number of rotatable bonds is 9. The first-order valence-corrected chi connectivity index (χ1v) is 23.3. The van der Waals surface area contributed by atoms with Gasteiger partial charge in [-0.25, -0.2) is 0 Å². The Hall–Kier alpha value is -7.76. The fourth-order valence-electron chi connectivity index (χ4n) is 9.34. The molecule has 64 heavy (non-hydrogen) atoms. The summed E-state index contributed by atoms with van der Waals surface area (Å²) in [4.78, 5) is 4.94. The largest absolute Gasteiger partial charge is 0.308 e. The van der Waals surface area contributed by atoms with Crippen LogP contribution in [-0.2, 0) is 0 Å². The van der Waals surface area contributed by atoms with Crippen LogP contribution >= 0.6 is 22.7 Å². The summed E-state index contributed by atoms with van der Waals surface area (Å²) < 4.78 is 5.11. The molecule has 302 valence electrons. The first-order chi connectivity index (χ1) is 31.8. The number of fused-ring (bicyclic) bond motifs is 6. The number of hydrogen-bond donors (Lipinski definition) is 0. The van der Waals surface area contributed by atoms with Gasteiger partial charge in [0.25, 0.3) is 0 Å². The third-order valence-electron chi connectivity index (χ3n) is 12.3. The summed E-state index contributed by atoms with van der Waals surface area (Å²) in [5.74, 6) is 0. The molecule has 0 unspecified atom stereocenters. The van der Waals surface area contributed by atoms with E-state index < -0.39 is 0 Å². The molecule has 0 aliphatic rings. The van der Waals surface area contributed by atoms with E-state index in [0.29, 0.717) is 0 Å². The zero-order valence-electron chi connectivity index (χ0n) is 34.8. The van der Waals surface area contributed by atoms with Crippen LogP contribution in [0.25, 0.3) is 73.7 Å². The molecule has 0 bridgehead atoms. The van der Waals surface area contributed by atoms with E-state index in [1.165, 1.54) is 62.6 Å². The highest BCUT2D eigenvalue weighted by Crippen LogP contribution is 2.50. The number of nitrogens with zero attached hydrogens (tertiary/aromatic N) is 2. The van der Waals surface area contributed by atoms with E-state index in [9.17, 15) is 0 Å². The molecule has 4 heteroatoms. The fraction of sp³-hybridized carbons (Fsp3) is 0. The summed E-state index contributed by atoms with van der Waals surface area (Å²) in [5, 5.41) is 5.12. The number of anilines is 6. The topological polar surface area (TPSA) is 6.48 Å². The van der Waals surface area contributed by atoms with E-state index in [2.05, 4.69) is 252 Å². The molecule has 2 heterocycles. The average Bonchev–Trinajstić information content (AvgIpc) is 3.95. The predicted octanol–water partition coefficient (Wildman–Crippen LogP) is 18.4. The molecule has 2 nitrogen and oxygen atoms in total. The second-order valence-electron chi connectivity index (χ2n) is 16.0. The quantitative estimate of drug-likeness (QED) is 0.143. The van der Waals surface area contributed by atoms with Crippen LogP contribution in [0.2, 0.25) is 0 Å². The Kier molecular flexibility index (Phi) is 9.59. The number of para-hydroxylation sites is 2. The summed E-state index contributed by atoms with van der Waals surface area (Å²) in [6, 6.07) is 88.3. The molecule has 0 fully saturated rings. The normalized spacial score (nSPS) is 11.4. The lowest BCUT2D eigenvalue weighted by atomic mass is 9.99. The predicted molar refractivity (Wildman–Crippen MR) is 278 cm³/mol. The van der Waals surface area contributed by atoms with Gasteiger partial charge in [0.1, 0.15) is 0 Å². The number of hydrogen-bond acceptors (Lipinski definition) is 4. The molecule has 0 atom stereocenters. The lowest BCUT2D eigenvalue weighted by Crippen LogP contribution is -2.12.